The summed E-state index contributed by atoms with van der Waals surface area (Å²) in [5.41, 5.74) is 0.924. The van der Waals surface area contributed by atoms with E-state index in [4.69, 9.17) is 23.5 Å². The Morgan fingerprint density at radius 2 is 1.78 bits per heavy atom. The van der Waals surface area contributed by atoms with Crippen LogP contribution in [0.1, 0.15) is 62.9 Å². The van der Waals surface area contributed by atoms with Gasteiger partial charge in [0.25, 0.3) is 0 Å². The first-order chi connectivity index (χ1) is 15.3. The zero-order chi connectivity index (χ0) is 22.8. The predicted molar refractivity (Wildman–Crippen MR) is 123 cm³/mol. The summed E-state index contributed by atoms with van der Waals surface area (Å²) in [4.78, 5) is 12.2. The first kappa shape index (κ1) is 22.8. The van der Waals surface area contributed by atoms with Crippen molar-refractivity contribution in [3.63, 3.8) is 0 Å². The van der Waals surface area contributed by atoms with Crippen molar-refractivity contribution in [1.29, 1.82) is 0 Å². The molecule has 0 bridgehead atoms. The Morgan fingerprint density at radius 1 is 1.06 bits per heavy atom. The minimum Gasteiger partial charge on any atom is -0.488 e. The van der Waals surface area contributed by atoms with E-state index < -0.39 is 18.3 Å². The zero-order valence-corrected chi connectivity index (χ0v) is 19.3. The minimum atomic E-state index is -0.713. The number of aldehydes is 1. The van der Waals surface area contributed by atoms with E-state index in [1.807, 2.05) is 58.0 Å². The highest BCUT2D eigenvalue weighted by molar-refractivity contribution is 6.63. The molecule has 0 aromatic heterocycles. The van der Waals surface area contributed by atoms with Crippen LogP contribution in [0.3, 0.4) is 0 Å². The van der Waals surface area contributed by atoms with Crippen LogP contribution >= 0.6 is 0 Å². The highest BCUT2D eigenvalue weighted by Crippen LogP contribution is 2.38. The molecule has 6 nitrogen and oxygen atoms in total. The molecule has 2 saturated heterocycles. The molecule has 1 unspecified atom stereocenters. The van der Waals surface area contributed by atoms with Crippen LogP contribution in [0.4, 0.5) is 0 Å². The molecule has 4 rings (SSSR count). The molecule has 32 heavy (non-hydrogen) atoms. The van der Waals surface area contributed by atoms with Crippen LogP contribution in [-0.4, -0.2) is 37.5 Å². The Hall–Kier alpha value is -2.35. The third kappa shape index (κ3) is 4.85. The van der Waals surface area contributed by atoms with Gasteiger partial charge in [0.05, 0.1) is 23.4 Å². The van der Waals surface area contributed by atoms with Crippen LogP contribution in [0.15, 0.2) is 42.5 Å². The second-order valence-corrected chi connectivity index (χ2v) is 9.32. The molecule has 0 radical (unpaired) electrons. The smallest absolute Gasteiger partial charge is 0.488 e. The molecule has 1 atom stereocenters. The average Bonchev–Trinajstić information content (AvgIpc) is 3.00. The normalized spacial score (nSPS) is 21.9. The van der Waals surface area contributed by atoms with Crippen molar-refractivity contribution >= 4 is 18.9 Å². The van der Waals surface area contributed by atoms with Gasteiger partial charge in [-0.3, -0.25) is 4.79 Å². The Balaban J connectivity index is 1.68. The lowest BCUT2D eigenvalue weighted by atomic mass is 9.75. The molecular weight excluding hydrogens is 407 g/mol. The van der Waals surface area contributed by atoms with E-state index in [-0.39, 0.29) is 6.29 Å². The topological polar surface area (TPSA) is 63.2 Å². The second-order valence-electron chi connectivity index (χ2n) is 9.32. The zero-order valence-electron chi connectivity index (χ0n) is 19.3. The summed E-state index contributed by atoms with van der Waals surface area (Å²) in [5, 5.41) is 0. The number of benzene rings is 2. The molecular formula is C25H31BO6. The van der Waals surface area contributed by atoms with Crippen LogP contribution in [0.5, 0.6) is 11.5 Å². The maximum Gasteiger partial charge on any atom is 0.495 e. The van der Waals surface area contributed by atoms with E-state index in [1.165, 1.54) is 0 Å². The maximum atomic E-state index is 12.2. The van der Waals surface area contributed by atoms with Gasteiger partial charge in [0.2, 0.25) is 0 Å². The minimum absolute atomic E-state index is 0.320. The van der Waals surface area contributed by atoms with Crippen LogP contribution in [0.2, 0.25) is 0 Å². The van der Waals surface area contributed by atoms with Gasteiger partial charge >= 0.3 is 7.12 Å². The molecule has 170 valence electrons. The Bertz CT molecular complexity index is 921. The molecule has 2 fully saturated rings. The fraction of sp³-hybridized carbons (Fsp3) is 0.480. The third-order valence-electron chi connectivity index (χ3n) is 6.42. The molecule has 2 aliphatic heterocycles. The van der Waals surface area contributed by atoms with E-state index in [2.05, 4.69) is 0 Å². The number of hydrogen-bond acceptors (Lipinski definition) is 6. The molecule has 0 saturated carbocycles. The summed E-state index contributed by atoms with van der Waals surface area (Å²) >= 11 is 0. The van der Waals surface area contributed by atoms with Crippen molar-refractivity contribution in [2.24, 2.45) is 0 Å². The van der Waals surface area contributed by atoms with Crippen LogP contribution in [0, 0.1) is 0 Å². The Labute approximate surface area is 190 Å². The average molecular weight is 438 g/mol. The first-order valence-corrected chi connectivity index (χ1v) is 11.2. The van der Waals surface area contributed by atoms with Gasteiger partial charge in [0, 0.05) is 17.9 Å². The van der Waals surface area contributed by atoms with Crippen molar-refractivity contribution in [1.82, 2.24) is 0 Å². The molecule has 0 N–H and O–H groups in total. The van der Waals surface area contributed by atoms with Crippen molar-refractivity contribution < 1.29 is 28.3 Å². The predicted octanol–water partition coefficient (Wildman–Crippen LogP) is 4.28. The molecule has 0 aliphatic carbocycles. The fourth-order valence-corrected chi connectivity index (χ4v) is 3.79. The lowest BCUT2D eigenvalue weighted by Gasteiger charge is -2.32. The Morgan fingerprint density at radius 3 is 2.41 bits per heavy atom. The van der Waals surface area contributed by atoms with E-state index in [0.717, 1.165) is 31.1 Å². The Kier molecular flexibility index (Phi) is 6.61. The van der Waals surface area contributed by atoms with Gasteiger partial charge < -0.3 is 23.5 Å². The highest BCUT2D eigenvalue weighted by atomic mass is 16.7. The maximum absolute atomic E-state index is 12.2. The largest absolute Gasteiger partial charge is 0.495 e. The fourth-order valence-electron chi connectivity index (χ4n) is 3.79. The van der Waals surface area contributed by atoms with Crippen molar-refractivity contribution in [3.05, 3.63) is 53.6 Å². The SMILES string of the molecule is CC1(C)OB(c2cc(OC3CCCCO3)cc(OCc3ccccc3)c2C=O)OC1(C)C. The van der Waals surface area contributed by atoms with Crippen molar-refractivity contribution in [2.75, 3.05) is 6.61 Å². The van der Waals surface area contributed by atoms with E-state index >= 15 is 0 Å². The summed E-state index contributed by atoms with van der Waals surface area (Å²) in [5.74, 6) is 0.997. The van der Waals surface area contributed by atoms with E-state index in [0.29, 0.717) is 35.7 Å². The van der Waals surface area contributed by atoms with E-state index in [9.17, 15) is 4.79 Å². The molecule has 2 aromatic rings. The van der Waals surface area contributed by atoms with Crippen LogP contribution in [-0.2, 0) is 20.7 Å². The third-order valence-corrected chi connectivity index (χ3v) is 6.42. The standard InChI is InChI=1S/C25H31BO6/c1-24(2)25(3,4)32-26(31-24)21-14-19(30-23-12-8-9-13-28-23)15-22(20(21)16-27)29-17-18-10-6-5-7-11-18/h5-7,10-11,14-16,23H,8-9,12-13,17H2,1-4H3. The monoisotopic (exact) mass is 438 g/mol. The molecule has 2 aromatic carbocycles. The molecule has 0 amide bonds. The highest BCUT2D eigenvalue weighted by Gasteiger charge is 2.52. The quantitative estimate of drug-likeness (QED) is 0.475. The van der Waals surface area contributed by atoms with Gasteiger partial charge in [-0.25, -0.2) is 0 Å². The van der Waals surface area contributed by atoms with Gasteiger partial charge in [-0.2, -0.15) is 0 Å². The number of hydrogen-bond donors (Lipinski definition) is 0. The summed E-state index contributed by atoms with van der Waals surface area (Å²) in [6.45, 7) is 8.94. The molecule has 2 heterocycles. The summed E-state index contributed by atoms with van der Waals surface area (Å²) in [7, 11) is -0.713. The first-order valence-electron chi connectivity index (χ1n) is 11.2. The molecule has 2 aliphatic rings. The van der Waals surface area contributed by atoms with Gasteiger partial charge in [-0.1, -0.05) is 30.3 Å². The van der Waals surface area contributed by atoms with Gasteiger partial charge in [0.1, 0.15) is 18.1 Å². The summed E-state index contributed by atoms with van der Waals surface area (Å²) in [6, 6.07) is 13.4. The van der Waals surface area contributed by atoms with E-state index in [1.54, 1.807) is 12.1 Å². The summed E-state index contributed by atoms with van der Waals surface area (Å²) in [6.07, 6.45) is 3.38. The number of ether oxygens (including phenoxy) is 3. The van der Waals surface area contributed by atoms with Gasteiger partial charge in [0.15, 0.2) is 12.6 Å². The number of carbonyl (C=O) groups is 1. The number of carbonyl (C=O) groups excluding carboxylic acids is 1. The van der Waals surface area contributed by atoms with Crippen molar-refractivity contribution in [2.45, 2.75) is 71.1 Å². The van der Waals surface area contributed by atoms with Gasteiger partial charge in [-0.05, 0) is 52.2 Å². The molecule has 7 heteroatoms. The van der Waals surface area contributed by atoms with Gasteiger partial charge in [-0.15, -0.1) is 0 Å². The van der Waals surface area contributed by atoms with Crippen molar-refractivity contribution in [3.8, 4) is 11.5 Å². The number of rotatable bonds is 7. The molecule has 0 spiro atoms. The summed E-state index contributed by atoms with van der Waals surface area (Å²) < 4.78 is 30.4. The van der Waals surface area contributed by atoms with Crippen LogP contribution in [0.25, 0.3) is 0 Å². The van der Waals surface area contributed by atoms with Crippen LogP contribution < -0.4 is 14.9 Å². The lowest BCUT2D eigenvalue weighted by molar-refractivity contribution is -0.105. The second kappa shape index (κ2) is 9.26. The lowest BCUT2D eigenvalue weighted by Crippen LogP contribution is -2.41.